The molecule has 0 saturated carbocycles. The zero-order valence-electron chi connectivity index (χ0n) is 23.2. The van der Waals surface area contributed by atoms with Crippen LogP contribution in [0.5, 0.6) is 17.2 Å². The lowest BCUT2D eigenvalue weighted by Gasteiger charge is -2.21. The number of hydrogen-bond acceptors (Lipinski definition) is 8. The number of thiophene rings is 1. The van der Waals surface area contributed by atoms with Gasteiger partial charge >= 0.3 is 0 Å². The Kier molecular flexibility index (Phi) is 13.4. The van der Waals surface area contributed by atoms with Gasteiger partial charge in [0.05, 0.1) is 17.4 Å². The van der Waals surface area contributed by atoms with Gasteiger partial charge in [0.25, 0.3) is 0 Å². The van der Waals surface area contributed by atoms with Gasteiger partial charge in [-0.05, 0) is 84.4 Å². The quantitative estimate of drug-likeness (QED) is 0.0775. The van der Waals surface area contributed by atoms with Crippen molar-refractivity contribution in [3.05, 3.63) is 68.2 Å². The molecule has 3 aromatic rings. The van der Waals surface area contributed by atoms with Crippen molar-refractivity contribution in [2.45, 2.75) is 37.0 Å². The SMILES string of the molecule is CCOCOc1c(-c2cc(F)ccc2OCCCCOc2ccc(F)cc2C2=CSC(Br)C2OCOCC)csc1Br. The summed E-state index contributed by atoms with van der Waals surface area (Å²) >= 11 is 10.1. The predicted molar refractivity (Wildman–Crippen MR) is 171 cm³/mol. The highest BCUT2D eigenvalue weighted by Crippen LogP contribution is 2.46. The van der Waals surface area contributed by atoms with Crippen LogP contribution < -0.4 is 14.2 Å². The molecule has 1 aliphatic rings. The summed E-state index contributed by atoms with van der Waals surface area (Å²) in [6, 6.07) is 8.94. The number of unbranched alkanes of at least 4 members (excludes halogenated alkanes) is 1. The summed E-state index contributed by atoms with van der Waals surface area (Å²) in [7, 11) is 0. The van der Waals surface area contributed by atoms with Crippen LogP contribution in [0.3, 0.4) is 0 Å². The van der Waals surface area contributed by atoms with Crippen LogP contribution in [0.25, 0.3) is 16.7 Å². The van der Waals surface area contributed by atoms with Crippen molar-refractivity contribution in [3.8, 4) is 28.4 Å². The lowest BCUT2D eigenvalue weighted by atomic mass is 10.0. The Labute approximate surface area is 269 Å². The van der Waals surface area contributed by atoms with Crippen molar-refractivity contribution in [3.63, 3.8) is 0 Å². The third kappa shape index (κ3) is 8.93. The van der Waals surface area contributed by atoms with E-state index >= 15 is 0 Å². The maximum absolute atomic E-state index is 14.2. The van der Waals surface area contributed by atoms with E-state index in [0.717, 1.165) is 14.9 Å². The molecule has 1 aliphatic heterocycles. The molecule has 12 heteroatoms. The van der Waals surface area contributed by atoms with Gasteiger partial charge in [-0.25, -0.2) is 8.78 Å². The van der Waals surface area contributed by atoms with Crippen molar-refractivity contribution >= 4 is 60.5 Å². The lowest BCUT2D eigenvalue weighted by Crippen LogP contribution is -2.22. The summed E-state index contributed by atoms with van der Waals surface area (Å²) in [6.45, 7) is 5.90. The standard InChI is InChI=1S/C30H32Br2F2O6S2/c1-3-35-17-39-27-23(15-41-29(27)31)21-13-19(33)7-9-25(21)37-11-5-6-12-38-26-10-8-20(34)14-22(26)24-16-42-30(32)28(24)40-18-36-4-2/h7-10,13-16,27,29H,3-6,11-12,17-18H2,1-2H3. The molecule has 4 rings (SSSR count). The molecule has 0 aliphatic carbocycles. The number of halogens is 4. The Balaban J connectivity index is 1.34. The van der Waals surface area contributed by atoms with E-state index < -0.39 is 0 Å². The van der Waals surface area contributed by atoms with E-state index in [2.05, 4.69) is 31.9 Å². The maximum Gasteiger partial charge on any atom is 0.189 e. The van der Waals surface area contributed by atoms with Crippen LogP contribution in [-0.2, 0) is 14.2 Å². The fraction of sp³-hybridized carbons (Fsp3) is 0.400. The molecule has 0 fully saturated rings. The first kappa shape index (κ1) is 33.2. The zero-order valence-corrected chi connectivity index (χ0v) is 28.0. The minimum atomic E-state index is -0.369. The van der Waals surface area contributed by atoms with E-state index in [1.807, 2.05) is 24.6 Å². The van der Waals surface area contributed by atoms with E-state index in [4.69, 9.17) is 28.4 Å². The Morgan fingerprint density at radius 1 is 0.810 bits per heavy atom. The van der Waals surface area contributed by atoms with Crippen molar-refractivity contribution in [2.24, 2.45) is 0 Å². The molecular formula is C30H32Br2F2O6S2. The van der Waals surface area contributed by atoms with Crippen molar-refractivity contribution in [1.29, 1.82) is 0 Å². The number of alkyl halides is 1. The number of thioether (sulfide) groups is 1. The highest BCUT2D eigenvalue weighted by atomic mass is 79.9. The topological polar surface area (TPSA) is 55.4 Å². The van der Waals surface area contributed by atoms with Crippen LogP contribution in [0.1, 0.15) is 32.3 Å². The van der Waals surface area contributed by atoms with Gasteiger partial charge in [0.1, 0.15) is 39.8 Å². The molecule has 228 valence electrons. The Morgan fingerprint density at radius 2 is 1.43 bits per heavy atom. The highest BCUT2D eigenvalue weighted by molar-refractivity contribution is 9.11. The third-order valence-electron chi connectivity index (χ3n) is 6.14. The van der Waals surface area contributed by atoms with Crippen LogP contribution in [0.15, 0.2) is 51.0 Å². The maximum atomic E-state index is 14.2. The lowest BCUT2D eigenvalue weighted by molar-refractivity contribution is -0.0633. The molecule has 0 amide bonds. The van der Waals surface area contributed by atoms with Gasteiger partial charge < -0.3 is 28.4 Å². The molecular weight excluding hydrogens is 718 g/mol. The third-order valence-corrected chi connectivity index (χ3v) is 9.83. The summed E-state index contributed by atoms with van der Waals surface area (Å²) in [5.74, 6) is 1.00. The summed E-state index contributed by atoms with van der Waals surface area (Å²) in [4.78, 5) is 0. The van der Waals surface area contributed by atoms with E-state index in [1.165, 1.54) is 35.6 Å². The molecule has 1 aromatic heterocycles. The fourth-order valence-electron chi connectivity index (χ4n) is 4.09. The summed E-state index contributed by atoms with van der Waals surface area (Å²) in [5.41, 5.74) is 2.82. The van der Waals surface area contributed by atoms with E-state index in [0.29, 0.717) is 67.6 Å². The summed E-state index contributed by atoms with van der Waals surface area (Å²) in [6.07, 6.45) is 1.08. The summed E-state index contributed by atoms with van der Waals surface area (Å²) < 4.78 is 63.8. The molecule has 0 spiro atoms. The van der Waals surface area contributed by atoms with Crippen LogP contribution in [0.2, 0.25) is 0 Å². The number of hydrogen-bond donors (Lipinski definition) is 0. The van der Waals surface area contributed by atoms with Crippen LogP contribution in [0.4, 0.5) is 8.78 Å². The molecule has 42 heavy (non-hydrogen) atoms. The van der Waals surface area contributed by atoms with Crippen molar-refractivity contribution in [1.82, 2.24) is 0 Å². The minimum Gasteiger partial charge on any atom is -0.493 e. The second kappa shape index (κ2) is 17.0. The zero-order chi connectivity index (χ0) is 29.9. The number of ether oxygens (including phenoxy) is 6. The molecule has 6 nitrogen and oxygen atoms in total. The van der Waals surface area contributed by atoms with E-state index in [9.17, 15) is 8.78 Å². The van der Waals surface area contributed by atoms with E-state index in [1.54, 1.807) is 23.9 Å². The highest BCUT2D eigenvalue weighted by Gasteiger charge is 2.32. The minimum absolute atomic E-state index is 0.0138. The first-order valence-corrected chi connectivity index (χ1v) is 17.0. The largest absolute Gasteiger partial charge is 0.493 e. The molecule has 0 saturated heterocycles. The Bertz CT molecular complexity index is 1340. The van der Waals surface area contributed by atoms with Gasteiger partial charge in [0, 0.05) is 40.9 Å². The van der Waals surface area contributed by atoms with Gasteiger partial charge in [0.2, 0.25) is 0 Å². The van der Waals surface area contributed by atoms with Gasteiger partial charge in [-0.3, -0.25) is 0 Å². The molecule has 0 N–H and O–H groups in total. The monoisotopic (exact) mass is 748 g/mol. The van der Waals surface area contributed by atoms with Gasteiger partial charge in [0.15, 0.2) is 12.5 Å². The van der Waals surface area contributed by atoms with Crippen LogP contribution in [0, 0.1) is 11.6 Å². The fourth-order valence-corrected chi connectivity index (χ4v) is 7.10. The summed E-state index contributed by atoms with van der Waals surface area (Å²) in [5, 5.41) is 3.86. The average molecular weight is 751 g/mol. The van der Waals surface area contributed by atoms with Crippen LogP contribution in [-0.4, -0.2) is 50.3 Å². The second-order valence-electron chi connectivity index (χ2n) is 8.95. The first-order chi connectivity index (χ1) is 20.4. The van der Waals surface area contributed by atoms with Gasteiger partial charge in [-0.15, -0.1) is 23.1 Å². The Morgan fingerprint density at radius 3 is 2.10 bits per heavy atom. The molecule has 2 atom stereocenters. The van der Waals surface area contributed by atoms with Gasteiger partial charge in [-0.2, -0.15) is 0 Å². The molecule has 2 heterocycles. The van der Waals surface area contributed by atoms with E-state index in [-0.39, 0.29) is 35.5 Å². The molecule has 2 aromatic carbocycles. The first-order valence-electron chi connectivity index (χ1n) is 13.4. The van der Waals surface area contributed by atoms with Crippen LogP contribution >= 0.6 is 55.0 Å². The van der Waals surface area contributed by atoms with Gasteiger partial charge in [-0.1, -0.05) is 15.9 Å². The van der Waals surface area contributed by atoms with Crippen molar-refractivity contribution in [2.75, 3.05) is 40.0 Å². The molecule has 0 bridgehead atoms. The molecule has 2 unspecified atom stereocenters. The average Bonchev–Trinajstić information content (AvgIpc) is 3.53. The Hall–Kier alpha value is -1.67. The second-order valence-corrected chi connectivity index (χ2v) is 13.8. The molecule has 0 radical (unpaired) electrons. The van der Waals surface area contributed by atoms with Crippen molar-refractivity contribution < 1.29 is 37.2 Å². The smallest absolute Gasteiger partial charge is 0.189 e. The number of benzene rings is 2. The normalized spacial score (nSPS) is 16.5. The predicted octanol–water partition coefficient (Wildman–Crippen LogP) is 9.25. The number of rotatable bonds is 17.